The van der Waals surface area contributed by atoms with Crippen LogP contribution in [0, 0.1) is 19.3 Å². The van der Waals surface area contributed by atoms with Gasteiger partial charge in [0, 0.05) is 31.3 Å². The molecule has 0 aliphatic carbocycles. The van der Waals surface area contributed by atoms with E-state index in [9.17, 15) is 5.11 Å². The number of aliphatic hydroxyl groups excluding tert-OH is 1. The lowest BCUT2D eigenvalue weighted by molar-refractivity contribution is 0.111. The molecule has 4 nitrogen and oxygen atoms in total. The molecule has 0 fully saturated rings. The lowest BCUT2D eigenvalue weighted by Crippen LogP contribution is -2.34. The number of rotatable bonds is 5. The molecule has 0 saturated heterocycles. The standard InChI is InChI=1S/C13H25N3O/c1-10-11(2)16(6)12(14-10)7-15(5)8-13(3,4)9-17/h17H,7-9H2,1-6H3. The summed E-state index contributed by atoms with van der Waals surface area (Å²) < 4.78 is 2.14. The van der Waals surface area contributed by atoms with Gasteiger partial charge in [-0.05, 0) is 20.9 Å². The number of aliphatic hydroxyl groups is 1. The number of imidazole rings is 1. The molecular weight excluding hydrogens is 214 g/mol. The summed E-state index contributed by atoms with van der Waals surface area (Å²) in [5.74, 6) is 1.08. The topological polar surface area (TPSA) is 41.3 Å². The lowest BCUT2D eigenvalue weighted by atomic mass is 9.94. The maximum atomic E-state index is 9.26. The molecule has 0 spiro atoms. The normalized spacial score (nSPS) is 12.5. The number of hydrogen-bond donors (Lipinski definition) is 1. The molecular formula is C13H25N3O. The summed E-state index contributed by atoms with van der Waals surface area (Å²) >= 11 is 0. The molecule has 0 radical (unpaired) electrons. The third-order valence-electron chi connectivity index (χ3n) is 3.25. The van der Waals surface area contributed by atoms with Crippen LogP contribution in [0.25, 0.3) is 0 Å². The fourth-order valence-corrected chi connectivity index (χ4v) is 2.01. The molecule has 0 aromatic carbocycles. The van der Waals surface area contributed by atoms with Crippen molar-refractivity contribution in [2.75, 3.05) is 20.2 Å². The van der Waals surface area contributed by atoms with E-state index in [1.807, 2.05) is 6.92 Å². The number of hydrogen-bond acceptors (Lipinski definition) is 3. The van der Waals surface area contributed by atoms with Gasteiger partial charge in [0.2, 0.25) is 0 Å². The third-order valence-corrected chi connectivity index (χ3v) is 3.25. The molecule has 17 heavy (non-hydrogen) atoms. The van der Waals surface area contributed by atoms with E-state index in [1.54, 1.807) is 0 Å². The van der Waals surface area contributed by atoms with Crippen molar-refractivity contribution in [1.82, 2.24) is 14.5 Å². The molecule has 0 atom stereocenters. The molecule has 1 rings (SSSR count). The Morgan fingerprint density at radius 2 is 1.94 bits per heavy atom. The van der Waals surface area contributed by atoms with Crippen LogP contribution in [0.4, 0.5) is 0 Å². The number of nitrogens with zero attached hydrogens (tertiary/aromatic N) is 3. The van der Waals surface area contributed by atoms with Gasteiger partial charge in [0.15, 0.2) is 0 Å². The molecule has 0 bridgehead atoms. The van der Waals surface area contributed by atoms with Crippen LogP contribution in [0.1, 0.15) is 31.1 Å². The molecule has 0 aliphatic rings. The number of aromatic nitrogens is 2. The van der Waals surface area contributed by atoms with Gasteiger partial charge in [-0.3, -0.25) is 4.90 Å². The van der Waals surface area contributed by atoms with E-state index in [-0.39, 0.29) is 12.0 Å². The molecule has 1 N–H and O–H groups in total. The Bertz CT molecular complexity index is 382. The van der Waals surface area contributed by atoms with Crippen LogP contribution in [0.5, 0.6) is 0 Å². The van der Waals surface area contributed by atoms with Crippen LogP contribution < -0.4 is 0 Å². The minimum Gasteiger partial charge on any atom is -0.396 e. The van der Waals surface area contributed by atoms with Gasteiger partial charge in [-0.25, -0.2) is 4.98 Å². The summed E-state index contributed by atoms with van der Waals surface area (Å²) in [5.41, 5.74) is 2.25. The molecule has 0 saturated carbocycles. The van der Waals surface area contributed by atoms with Crippen molar-refractivity contribution < 1.29 is 5.11 Å². The van der Waals surface area contributed by atoms with Crippen molar-refractivity contribution in [2.45, 2.75) is 34.2 Å². The SMILES string of the molecule is Cc1nc(CN(C)CC(C)(C)CO)n(C)c1C. The molecule has 4 heteroatoms. The number of aryl methyl sites for hydroxylation is 1. The van der Waals surface area contributed by atoms with E-state index in [4.69, 9.17) is 0 Å². The van der Waals surface area contributed by atoms with Crippen LogP contribution in [0.2, 0.25) is 0 Å². The predicted molar refractivity (Wildman–Crippen MR) is 69.9 cm³/mol. The van der Waals surface area contributed by atoms with Gasteiger partial charge in [-0.1, -0.05) is 13.8 Å². The summed E-state index contributed by atoms with van der Waals surface area (Å²) in [4.78, 5) is 6.77. The Kier molecular flexibility index (Phi) is 4.33. The summed E-state index contributed by atoms with van der Waals surface area (Å²) in [5, 5.41) is 9.26. The Hall–Kier alpha value is -0.870. The van der Waals surface area contributed by atoms with Gasteiger partial charge in [0.05, 0.1) is 12.2 Å². The van der Waals surface area contributed by atoms with Gasteiger partial charge in [-0.2, -0.15) is 0 Å². The average molecular weight is 239 g/mol. The maximum Gasteiger partial charge on any atom is 0.123 e. The van der Waals surface area contributed by atoms with Gasteiger partial charge in [-0.15, -0.1) is 0 Å². The predicted octanol–water partition coefficient (Wildman–Crippen LogP) is 1.49. The first kappa shape index (κ1) is 14.2. The quantitative estimate of drug-likeness (QED) is 0.846. The fourth-order valence-electron chi connectivity index (χ4n) is 2.01. The molecule has 0 aliphatic heterocycles. The monoisotopic (exact) mass is 239 g/mol. The van der Waals surface area contributed by atoms with Gasteiger partial charge < -0.3 is 9.67 Å². The molecule has 98 valence electrons. The van der Waals surface area contributed by atoms with Crippen LogP contribution in [-0.2, 0) is 13.6 Å². The van der Waals surface area contributed by atoms with Crippen LogP contribution in [0.15, 0.2) is 0 Å². The lowest BCUT2D eigenvalue weighted by Gasteiger charge is -2.28. The van der Waals surface area contributed by atoms with Crippen molar-refractivity contribution in [3.63, 3.8) is 0 Å². The van der Waals surface area contributed by atoms with Crippen LogP contribution >= 0.6 is 0 Å². The molecule has 1 aromatic rings. The second-order valence-electron chi connectivity index (χ2n) is 5.75. The Morgan fingerprint density at radius 1 is 1.35 bits per heavy atom. The van der Waals surface area contributed by atoms with E-state index >= 15 is 0 Å². The first-order chi connectivity index (χ1) is 7.76. The largest absolute Gasteiger partial charge is 0.396 e. The first-order valence-corrected chi connectivity index (χ1v) is 6.05. The zero-order chi connectivity index (χ0) is 13.2. The molecule has 0 unspecified atom stereocenters. The van der Waals surface area contributed by atoms with Crippen molar-refractivity contribution in [2.24, 2.45) is 12.5 Å². The van der Waals surface area contributed by atoms with Gasteiger partial charge in [0.1, 0.15) is 5.82 Å². The molecule has 1 aromatic heterocycles. The van der Waals surface area contributed by atoms with E-state index in [2.05, 4.69) is 49.3 Å². The molecule has 0 amide bonds. The van der Waals surface area contributed by atoms with E-state index in [1.165, 1.54) is 5.69 Å². The second kappa shape index (κ2) is 5.19. The van der Waals surface area contributed by atoms with Crippen LogP contribution in [0.3, 0.4) is 0 Å². The first-order valence-electron chi connectivity index (χ1n) is 6.05. The van der Waals surface area contributed by atoms with Gasteiger partial charge >= 0.3 is 0 Å². The van der Waals surface area contributed by atoms with Crippen molar-refractivity contribution >= 4 is 0 Å². The highest BCUT2D eigenvalue weighted by atomic mass is 16.3. The second-order valence-corrected chi connectivity index (χ2v) is 5.75. The van der Waals surface area contributed by atoms with E-state index in [0.717, 1.165) is 24.6 Å². The van der Waals surface area contributed by atoms with Crippen LogP contribution in [-0.4, -0.2) is 39.8 Å². The van der Waals surface area contributed by atoms with Crippen molar-refractivity contribution in [1.29, 1.82) is 0 Å². The Balaban J connectivity index is 2.68. The summed E-state index contributed by atoms with van der Waals surface area (Å²) in [6.07, 6.45) is 0. The highest BCUT2D eigenvalue weighted by molar-refractivity contribution is 5.13. The zero-order valence-electron chi connectivity index (χ0n) is 11.9. The highest BCUT2D eigenvalue weighted by Crippen LogP contribution is 2.17. The summed E-state index contributed by atoms with van der Waals surface area (Å²) in [6.45, 7) is 10.1. The maximum absolute atomic E-state index is 9.26. The summed E-state index contributed by atoms with van der Waals surface area (Å²) in [6, 6.07) is 0. The Labute approximate surface area is 104 Å². The average Bonchev–Trinajstić information content (AvgIpc) is 2.45. The van der Waals surface area contributed by atoms with Gasteiger partial charge in [0.25, 0.3) is 0 Å². The van der Waals surface area contributed by atoms with Crippen molar-refractivity contribution in [3.8, 4) is 0 Å². The smallest absolute Gasteiger partial charge is 0.123 e. The summed E-state index contributed by atoms with van der Waals surface area (Å²) in [7, 11) is 4.12. The zero-order valence-corrected chi connectivity index (χ0v) is 11.9. The Morgan fingerprint density at radius 3 is 2.35 bits per heavy atom. The minimum absolute atomic E-state index is 0.0655. The van der Waals surface area contributed by atoms with Crippen molar-refractivity contribution in [3.05, 3.63) is 17.2 Å². The highest BCUT2D eigenvalue weighted by Gasteiger charge is 2.20. The fraction of sp³-hybridized carbons (Fsp3) is 0.769. The molecule has 1 heterocycles. The third kappa shape index (κ3) is 3.54. The minimum atomic E-state index is -0.0655. The van der Waals surface area contributed by atoms with E-state index in [0.29, 0.717) is 0 Å². The van der Waals surface area contributed by atoms with E-state index < -0.39 is 0 Å².